The SMILES string of the molecule is COCCN(CCCN)S(=O)(=O)CCc1ccncc1. The van der Waals surface area contributed by atoms with Gasteiger partial charge in [0.15, 0.2) is 0 Å². The molecule has 114 valence electrons. The number of methoxy groups -OCH3 is 1. The van der Waals surface area contributed by atoms with Gasteiger partial charge in [-0.2, -0.15) is 4.31 Å². The molecule has 1 aromatic heterocycles. The lowest BCUT2D eigenvalue weighted by atomic mass is 10.2. The van der Waals surface area contributed by atoms with E-state index in [2.05, 4.69) is 4.98 Å². The standard InChI is InChI=1S/C13H23N3O3S/c1-19-11-10-16(9-2-6-14)20(17,18)12-5-13-3-7-15-8-4-13/h3-4,7-8H,2,5-6,9-12,14H2,1H3. The van der Waals surface area contributed by atoms with Crippen molar-refractivity contribution in [2.75, 3.05) is 39.1 Å². The Morgan fingerprint density at radius 3 is 2.60 bits per heavy atom. The normalized spacial score (nSPS) is 11.9. The minimum Gasteiger partial charge on any atom is -0.383 e. The van der Waals surface area contributed by atoms with Crippen molar-refractivity contribution in [3.05, 3.63) is 30.1 Å². The average molecular weight is 301 g/mol. The number of sulfonamides is 1. The maximum atomic E-state index is 12.3. The molecule has 0 saturated heterocycles. The molecule has 1 aromatic rings. The molecule has 0 unspecified atom stereocenters. The predicted molar refractivity (Wildman–Crippen MR) is 78.8 cm³/mol. The van der Waals surface area contributed by atoms with Crippen LogP contribution < -0.4 is 5.73 Å². The molecule has 0 aliphatic rings. The number of rotatable bonds is 10. The van der Waals surface area contributed by atoms with Gasteiger partial charge < -0.3 is 10.5 Å². The zero-order valence-electron chi connectivity index (χ0n) is 11.9. The lowest BCUT2D eigenvalue weighted by molar-refractivity contribution is 0.178. The van der Waals surface area contributed by atoms with Crippen molar-refractivity contribution in [1.82, 2.24) is 9.29 Å². The first-order valence-electron chi connectivity index (χ1n) is 6.66. The highest BCUT2D eigenvalue weighted by Gasteiger charge is 2.20. The topological polar surface area (TPSA) is 85.5 Å². The van der Waals surface area contributed by atoms with E-state index in [9.17, 15) is 8.42 Å². The summed E-state index contributed by atoms with van der Waals surface area (Å²) in [5.41, 5.74) is 6.42. The first-order valence-corrected chi connectivity index (χ1v) is 8.27. The van der Waals surface area contributed by atoms with Crippen molar-refractivity contribution < 1.29 is 13.2 Å². The molecule has 0 atom stereocenters. The van der Waals surface area contributed by atoms with E-state index >= 15 is 0 Å². The van der Waals surface area contributed by atoms with E-state index in [0.717, 1.165) is 5.56 Å². The molecule has 6 nitrogen and oxygen atoms in total. The summed E-state index contributed by atoms with van der Waals surface area (Å²) in [5, 5.41) is 0. The number of hydrogen-bond acceptors (Lipinski definition) is 5. The van der Waals surface area contributed by atoms with Gasteiger partial charge in [-0.05, 0) is 37.1 Å². The fourth-order valence-corrected chi connectivity index (χ4v) is 3.29. The van der Waals surface area contributed by atoms with Crippen LogP contribution in [0.3, 0.4) is 0 Å². The van der Waals surface area contributed by atoms with E-state index in [0.29, 0.717) is 39.1 Å². The summed E-state index contributed by atoms with van der Waals surface area (Å²) < 4.78 is 31.1. The molecule has 0 fully saturated rings. The summed E-state index contributed by atoms with van der Waals surface area (Å²) in [6.45, 7) is 1.68. The van der Waals surface area contributed by atoms with Crippen LogP contribution >= 0.6 is 0 Å². The highest BCUT2D eigenvalue weighted by Crippen LogP contribution is 2.07. The highest BCUT2D eigenvalue weighted by molar-refractivity contribution is 7.89. The Morgan fingerprint density at radius 2 is 2.00 bits per heavy atom. The third kappa shape index (κ3) is 5.96. The van der Waals surface area contributed by atoms with Crippen LogP contribution in [-0.4, -0.2) is 56.8 Å². The van der Waals surface area contributed by atoms with Gasteiger partial charge in [-0.1, -0.05) is 0 Å². The minimum atomic E-state index is -3.29. The van der Waals surface area contributed by atoms with E-state index in [1.54, 1.807) is 19.5 Å². The van der Waals surface area contributed by atoms with Crippen LogP contribution in [0.25, 0.3) is 0 Å². The lowest BCUT2D eigenvalue weighted by Crippen LogP contribution is -2.37. The number of aromatic nitrogens is 1. The maximum Gasteiger partial charge on any atom is 0.214 e. The molecule has 0 aromatic carbocycles. The second kappa shape index (κ2) is 9.02. The smallest absolute Gasteiger partial charge is 0.214 e. The number of nitrogens with two attached hydrogens (primary N) is 1. The second-order valence-corrected chi connectivity index (χ2v) is 6.54. The fraction of sp³-hybridized carbons (Fsp3) is 0.615. The largest absolute Gasteiger partial charge is 0.383 e. The molecule has 0 bridgehead atoms. The Balaban J connectivity index is 2.61. The van der Waals surface area contributed by atoms with Gasteiger partial charge >= 0.3 is 0 Å². The zero-order chi connectivity index (χ0) is 14.8. The molecule has 0 aliphatic carbocycles. The number of nitrogens with zero attached hydrogens (tertiary/aromatic N) is 2. The quantitative estimate of drug-likeness (QED) is 0.669. The molecule has 7 heteroatoms. The molecule has 1 rings (SSSR count). The van der Waals surface area contributed by atoms with Crippen molar-refractivity contribution in [3.8, 4) is 0 Å². The van der Waals surface area contributed by atoms with Crippen LogP contribution in [0.2, 0.25) is 0 Å². The van der Waals surface area contributed by atoms with Gasteiger partial charge in [0.1, 0.15) is 0 Å². The van der Waals surface area contributed by atoms with Gasteiger partial charge in [0.05, 0.1) is 12.4 Å². The Labute approximate surface area is 121 Å². The second-order valence-electron chi connectivity index (χ2n) is 4.46. The monoisotopic (exact) mass is 301 g/mol. The van der Waals surface area contributed by atoms with Crippen molar-refractivity contribution in [2.24, 2.45) is 5.73 Å². The summed E-state index contributed by atoms with van der Waals surface area (Å²) >= 11 is 0. The molecule has 1 heterocycles. The van der Waals surface area contributed by atoms with Crippen molar-refractivity contribution in [1.29, 1.82) is 0 Å². The van der Waals surface area contributed by atoms with Gasteiger partial charge in [0, 0.05) is 32.6 Å². The molecular weight excluding hydrogens is 278 g/mol. The third-order valence-corrected chi connectivity index (χ3v) is 4.82. The summed E-state index contributed by atoms with van der Waals surface area (Å²) in [5.74, 6) is 0.0886. The lowest BCUT2D eigenvalue weighted by Gasteiger charge is -2.21. The van der Waals surface area contributed by atoms with Crippen LogP contribution in [0.15, 0.2) is 24.5 Å². The predicted octanol–water partition coefficient (Wildman–Crippen LogP) is 0.251. The van der Waals surface area contributed by atoms with E-state index in [-0.39, 0.29) is 5.75 Å². The van der Waals surface area contributed by atoms with Gasteiger partial charge in [0.25, 0.3) is 0 Å². The summed E-state index contributed by atoms with van der Waals surface area (Å²) in [6.07, 6.45) is 4.47. The van der Waals surface area contributed by atoms with Crippen molar-refractivity contribution in [2.45, 2.75) is 12.8 Å². The zero-order valence-corrected chi connectivity index (χ0v) is 12.7. The third-order valence-electron chi connectivity index (χ3n) is 2.95. The van der Waals surface area contributed by atoms with Crippen molar-refractivity contribution in [3.63, 3.8) is 0 Å². The summed E-state index contributed by atoms with van der Waals surface area (Å²) in [7, 11) is -1.73. The minimum absolute atomic E-state index is 0.0886. The molecule has 0 spiro atoms. The first-order chi connectivity index (χ1) is 9.60. The number of hydrogen-bond donors (Lipinski definition) is 1. The van der Waals surface area contributed by atoms with E-state index in [1.165, 1.54) is 4.31 Å². The van der Waals surface area contributed by atoms with E-state index < -0.39 is 10.0 Å². The Bertz CT molecular complexity index is 457. The van der Waals surface area contributed by atoms with Crippen LogP contribution in [0, 0.1) is 0 Å². The highest BCUT2D eigenvalue weighted by atomic mass is 32.2. The molecule has 0 radical (unpaired) electrons. The number of aryl methyl sites for hydroxylation is 1. The molecule has 0 amide bonds. The molecule has 2 N–H and O–H groups in total. The maximum absolute atomic E-state index is 12.3. The fourth-order valence-electron chi connectivity index (χ4n) is 1.78. The van der Waals surface area contributed by atoms with Crippen LogP contribution in [0.4, 0.5) is 0 Å². The summed E-state index contributed by atoms with van der Waals surface area (Å²) in [4.78, 5) is 3.92. The van der Waals surface area contributed by atoms with E-state index in [4.69, 9.17) is 10.5 Å². The van der Waals surface area contributed by atoms with Gasteiger partial charge in [-0.15, -0.1) is 0 Å². The first kappa shape index (κ1) is 17.0. The van der Waals surface area contributed by atoms with E-state index in [1.807, 2.05) is 12.1 Å². The average Bonchev–Trinajstić information content (AvgIpc) is 2.46. The van der Waals surface area contributed by atoms with Gasteiger partial charge in [-0.25, -0.2) is 8.42 Å². The van der Waals surface area contributed by atoms with Crippen LogP contribution in [0.1, 0.15) is 12.0 Å². The number of pyridine rings is 1. The van der Waals surface area contributed by atoms with Gasteiger partial charge in [0.2, 0.25) is 10.0 Å². The molecule has 0 saturated carbocycles. The van der Waals surface area contributed by atoms with Crippen molar-refractivity contribution >= 4 is 10.0 Å². The summed E-state index contributed by atoms with van der Waals surface area (Å²) in [6, 6.07) is 3.66. The Hall–Kier alpha value is -1.02. The molecule has 0 aliphatic heterocycles. The van der Waals surface area contributed by atoms with Gasteiger partial charge in [-0.3, -0.25) is 4.98 Å². The van der Waals surface area contributed by atoms with Crippen LogP contribution in [-0.2, 0) is 21.2 Å². The molecular formula is C13H23N3O3S. The Kier molecular flexibility index (Phi) is 7.68. The van der Waals surface area contributed by atoms with Crippen LogP contribution in [0.5, 0.6) is 0 Å². The Morgan fingerprint density at radius 1 is 1.30 bits per heavy atom. The molecule has 20 heavy (non-hydrogen) atoms. The number of ether oxygens (including phenoxy) is 1.